The predicted octanol–water partition coefficient (Wildman–Crippen LogP) is -2.84. The van der Waals surface area contributed by atoms with Crippen LogP contribution < -0.4 is 66.5 Å². The standard InChI is InChI=1S/C10H12N2O5.K/c1-17-9-3-2-7(12(15)16)6-8(9)11-5-4-10(13)14;/h2-3,6,11H,4-5H2,1H3,(H,13,14);/q;+1/p-1. The number of rotatable bonds is 6. The van der Waals surface area contributed by atoms with E-state index in [1.165, 1.54) is 25.3 Å². The van der Waals surface area contributed by atoms with Crippen LogP contribution >= 0.6 is 0 Å². The minimum atomic E-state index is -1.19. The van der Waals surface area contributed by atoms with E-state index >= 15 is 0 Å². The van der Waals surface area contributed by atoms with E-state index in [0.29, 0.717) is 11.4 Å². The van der Waals surface area contributed by atoms with Gasteiger partial charge in [-0.2, -0.15) is 0 Å². The number of nitro benzene ring substituents is 1. The molecule has 0 aliphatic rings. The smallest absolute Gasteiger partial charge is 0.550 e. The molecule has 0 aromatic heterocycles. The first-order chi connectivity index (χ1) is 8.04. The van der Waals surface area contributed by atoms with Crippen LogP contribution in [-0.4, -0.2) is 24.5 Å². The summed E-state index contributed by atoms with van der Waals surface area (Å²) in [5.41, 5.74) is 0.282. The third-order valence-electron chi connectivity index (χ3n) is 2.04. The van der Waals surface area contributed by atoms with E-state index in [-0.39, 0.29) is 70.0 Å². The van der Waals surface area contributed by atoms with Gasteiger partial charge in [0.25, 0.3) is 5.69 Å². The number of nitrogens with one attached hydrogen (secondary N) is 1. The number of anilines is 1. The molecule has 0 unspecified atom stereocenters. The van der Waals surface area contributed by atoms with Gasteiger partial charge < -0.3 is 20.0 Å². The van der Waals surface area contributed by atoms with Gasteiger partial charge in [0.15, 0.2) is 0 Å². The monoisotopic (exact) mass is 278 g/mol. The van der Waals surface area contributed by atoms with Crippen molar-refractivity contribution in [3.8, 4) is 5.75 Å². The summed E-state index contributed by atoms with van der Waals surface area (Å²) in [7, 11) is 1.42. The Bertz CT molecular complexity index is 438. The number of carboxylic acids is 1. The Labute approximate surface area is 146 Å². The molecule has 0 atom stereocenters. The van der Waals surface area contributed by atoms with E-state index < -0.39 is 10.9 Å². The molecule has 0 bridgehead atoms. The maximum absolute atomic E-state index is 10.6. The normalized spacial score (nSPS) is 9.17. The Morgan fingerprint density at radius 3 is 2.67 bits per heavy atom. The Kier molecular flexibility index (Phi) is 8.12. The van der Waals surface area contributed by atoms with E-state index in [0.717, 1.165) is 0 Å². The van der Waals surface area contributed by atoms with Crippen LogP contribution in [0.1, 0.15) is 6.42 Å². The second-order valence-corrected chi connectivity index (χ2v) is 3.19. The molecule has 8 heteroatoms. The molecule has 0 fully saturated rings. The maximum Gasteiger partial charge on any atom is 1.00 e. The number of hydrogen-bond acceptors (Lipinski definition) is 6. The summed E-state index contributed by atoms with van der Waals surface area (Å²) in [6.07, 6.45) is -0.189. The summed E-state index contributed by atoms with van der Waals surface area (Å²) in [5, 5.41) is 23.5. The van der Waals surface area contributed by atoms with Crippen LogP contribution in [0.2, 0.25) is 0 Å². The minimum absolute atomic E-state index is 0. The number of nitrogens with zero attached hydrogens (tertiary/aromatic N) is 1. The van der Waals surface area contributed by atoms with Gasteiger partial charge in [0, 0.05) is 31.1 Å². The van der Waals surface area contributed by atoms with Crippen LogP contribution in [-0.2, 0) is 4.79 Å². The zero-order valence-corrected chi connectivity index (χ0v) is 13.3. The van der Waals surface area contributed by atoms with Crippen molar-refractivity contribution in [3.05, 3.63) is 28.3 Å². The molecule has 92 valence electrons. The second kappa shape index (κ2) is 8.43. The molecule has 18 heavy (non-hydrogen) atoms. The third kappa shape index (κ3) is 5.32. The van der Waals surface area contributed by atoms with Gasteiger partial charge in [-0.15, -0.1) is 0 Å². The van der Waals surface area contributed by atoms with E-state index in [4.69, 9.17) is 4.74 Å². The Morgan fingerprint density at radius 2 is 2.17 bits per heavy atom. The molecule has 1 rings (SSSR count). The molecule has 1 aromatic carbocycles. The first-order valence-electron chi connectivity index (χ1n) is 4.80. The van der Waals surface area contributed by atoms with Gasteiger partial charge in [-0.3, -0.25) is 10.1 Å². The maximum atomic E-state index is 10.6. The van der Waals surface area contributed by atoms with Crippen LogP contribution in [0.5, 0.6) is 5.75 Å². The van der Waals surface area contributed by atoms with Crippen molar-refractivity contribution in [1.82, 2.24) is 0 Å². The SMILES string of the molecule is COc1ccc([N+](=O)[O-])cc1NCCC(=O)[O-].[K+]. The van der Waals surface area contributed by atoms with Crippen LogP contribution in [0.15, 0.2) is 18.2 Å². The quantitative estimate of drug-likeness (QED) is 0.341. The second-order valence-electron chi connectivity index (χ2n) is 3.19. The molecule has 0 aliphatic heterocycles. The largest absolute Gasteiger partial charge is 1.00 e. The molecule has 0 amide bonds. The fraction of sp³-hybridized carbons (Fsp3) is 0.300. The molecule has 0 radical (unpaired) electrons. The molecular formula is C10H11KN2O5. The molecular weight excluding hydrogens is 267 g/mol. The predicted molar refractivity (Wildman–Crippen MR) is 57.8 cm³/mol. The van der Waals surface area contributed by atoms with Crippen LogP contribution in [0, 0.1) is 10.1 Å². The van der Waals surface area contributed by atoms with Gasteiger partial charge in [0.05, 0.1) is 17.7 Å². The van der Waals surface area contributed by atoms with E-state index in [1.54, 1.807) is 0 Å². The zero-order valence-electron chi connectivity index (χ0n) is 10.1. The summed E-state index contributed by atoms with van der Waals surface area (Å²) in [5.74, 6) is -0.782. The van der Waals surface area contributed by atoms with Gasteiger partial charge in [0.1, 0.15) is 5.75 Å². The van der Waals surface area contributed by atoms with E-state index in [1.807, 2.05) is 0 Å². The van der Waals surface area contributed by atoms with Gasteiger partial charge in [0.2, 0.25) is 0 Å². The van der Waals surface area contributed by atoms with Gasteiger partial charge in [-0.05, 0) is 6.07 Å². The van der Waals surface area contributed by atoms with Gasteiger partial charge in [-0.1, -0.05) is 0 Å². The van der Waals surface area contributed by atoms with Crippen molar-refractivity contribution in [2.24, 2.45) is 0 Å². The van der Waals surface area contributed by atoms with Crippen molar-refractivity contribution in [2.75, 3.05) is 19.0 Å². The van der Waals surface area contributed by atoms with Gasteiger partial charge in [-0.25, -0.2) is 0 Å². The van der Waals surface area contributed by atoms with Crippen LogP contribution in [0.3, 0.4) is 0 Å². The first-order valence-corrected chi connectivity index (χ1v) is 4.80. The fourth-order valence-corrected chi connectivity index (χ4v) is 1.25. The average molecular weight is 278 g/mol. The number of carbonyl (C=O) groups excluding carboxylic acids is 1. The number of methoxy groups -OCH3 is 1. The molecule has 1 N–H and O–H groups in total. The van der Waals surface area contributed by atoms with Crippen molar-refractivity contribution >= 4 is 17.3 Å². The number of carbonyl (C=O) groups is 1. The van der Waals surface area contributed by atoms with Crippen molar-refractivity contribution < 1.29 is 70.9 Å². The summed E-state index contributed by atoms with van der Waals surface area (Å²) in [6, 6.07) is 4.04. The number of hydrogen-bond donors (Lipinski definition) is 1. The molecule has 0 saturated carbocycles. The van der Waals surface area contributed by atoms with E-state index in [2.05, 4.69) is 5.32 Å². The average Bonchev–Trinajstić information content (AvgIpc) is 2.28. The molecule has 0 saturated heterocycles. The van der Waals surface area contributed by atoms with Gasteiger partial charge >= 0.3 is 51.4 Å². The summed E-state index contributed by atoms with van der Waals surface area (Å²) in [6.45, 7) is 0.111. The molecule has 7 nitrogen and oxygen atoms in total. The number of nitro groups is 1. The van der Waals surface area contributed by atoms with Crippen LogP contribution in [0.25, 0.3) is 0 Å². The van der Waals surface area contributed by atoms with E-state index in [9.17, 15) is 20.0 Å². The Balaban J connectivity index is 0.00000289. The Hall–Kier alpha value is -0.674. The minimum Gasteiger partial charge on any atom is -0.550 e. The molecule has 0 spiro atoms. The number of benzene rings is 1. The van der Waals surface area contributed by atoms with Crippen LogP contribution in [0.4, 0.5) is 11.4 Å². The zero-order chi connectivity index (χ0) is 12.8. The summed E-state index contributed by atoms with van der Waals surface area (Å²) < 4.78 is 4.99. The molecule has 0 heterocycles. The molecule has 0 aliphatic carbocycles. The topological polar surface area (TPSA) is 105 Å². The number of aliphatic carboxylic acids is 1. The third-order valence-corrected chi connectivity index (χ3v) is 2.04. The fourth-order valence-electron chi connectivity index (χ4n) is 1.25. The Morgan fingerprint density at radius 1 is 1.50 bits per heavy atom. The summed E-state index contributed by atoms with van der Waals surface area (Å²) >= 11 is 0. The first kappa shape index (κ1) is 17.3. The number of ether oxygens (including phenoxy) is 1. The van der Waals surface area contributed by atoms with Crippen molar-refractivity contribution in [3.63, 3.8) is 0 Å². The molecule has 1 aromatic rings. The number of non-ortho nitro benzene ring substituents is 1. The van der Waals surface area contributed by atoms with Crippen molar-refractivity contribution in [2.45, 2.75) is 6.42 Å². The summed E-state index contributed by atoms with van der Waals surface area (Å²) in [4.78, 5) is 20.3. The van der Waals surface area contributed by atoms with Crippen molar-refractivity contribution in [1.29, 1.82) is 0 Å². The number of carboxylic acid groups (broad SMARTS) is 1.